The van der Waals surface area contributed by atoms with E-state index in [4.69, 9.17) is 0 Å². The van der Waals surface area contributed by atoms with E-state index in [0.29, 0.717) is 6.54 Å². The van der Waals surface area contributed by atoms with Gasteiger partial charge in [-0.1, -0.05) is 6.92 Å². The molecule has 0 aliphatic rings. The quantitative estimate of drug-likeness (QED) is 0.496. The van der Waals surface area contributed by atoms with Crippen LogP contribution in [0.4, 0.5) is 0 Å². The molecule has 24 heavy (non-hydrogen) atoms. The van der Waals surface area contributed by atoms with Crippen molar-refractivity contribution in [2.24, 2.45) is 4.99 Å². The molecular formula is C17H26N4OS2. The Balaban J connectivity index is 1.88. The Morgan fingerprint density at radius 3 is 2.79 bits per heavy atom. The first-order chi connectivity index (χ1) is 11.5. The minimum absolute atomic E-state index is 0.315. The standard InChI is InChI=1S/C17H26N4OS2/c1-4-15-21-14(11-24-15)6-8-19-16(18-5-2)20-12-17(3,22)13-7-9-23-10-13/h7,9-11,22H,4-6,8,12H2,1-3H3,(H2,18,19,20). The number of aryl methyl sites for hydroxylation is 1. The number of hydrogen-bond acceptors (Lipinski definition) is 5. The molecule has 5 nitrogen and oxygen atoms in total. The van der Waals surface area contributed by atoms with Crippen LogP contribution in [0.15, 0.2) is 27.2 Å². The number of nitrogens with zero attached hydrogens (tertiary/aromatic N) is 2. The van der Waals surface area contributed by atoms with Crippen LogP contribution in [-0.2, 0) is 18.4 Å². The Morgan fingerprint density at radius 1 is 1.33 bits per heavy atom. The summed E-state index contributed by atoms with van der Waals surface area (Å²) in [5, 5.41) is 24.3. The number of aliphatic hydroxyl groups is 1. The lowest BCUT2D eigenvalue weighted by molar-refractivity contribution is 0.0677. The molecule has 2 heterocycles. The first-order valence-corrected chi connectivity index (χ1v) is 10.1. The zero-order valence-corrected chi connectivity index (χ0v) is 16.1. The SMILES string of the molecule is CCNC(=NCC(C)(O)c1ccsc1)NCCc1csc(CC)n1. The molecule has 0 aliphatic carbocycles. The fourth-order valence-corrected chi connectivity index (χ4v) is 3.73. The predicted octanol–water partition coefficient (Wildman–Crippen LogP) is 2.77. The zero-order chi connectivity index (χ0) is 17.4. The van der Waals surface area contributed by atoms with Crippen LogP contribution in [0.25, 0.3) is 0 Å². The average molecular weight is 367 g/mol. The van der Waals surface area contributed by atoms with Crippen LogP contribution in [0, 0.1) is 0 Å². The maximum absolute atomic E-state index is 10.6. The van der Waals surface area contributed by atoms with Crippen LogP contribution in [0.5, 0.6) is 0 Å². The second-order valence-electron chi connectivity index (χ2n) is 5.74. The summed E-state index contributed by atoms with van der Waals surface area (Å²) in [5.41, 5.74) is 1.07. The van der Waals surface area contributed by atoms with Crippen molar-refractivity contribution in [2.45, 2.75) is 39.2 Å². The molecule has 2 rings (SSSR count). The zero-order valence-electron chi connectivity index (χ0n) is 14.5. The van der Waals surface area contributed by atoms with Gasteiger partial charge in [0.1, 0.15) is 5.60 Å². The Kier molecular flexibility index (Phi) is 7.20. The molecule has 0 bridgehead atoms. The van der Waals surface area contributed by atoms with E-state index < -0.39 is 5.60 Å². The summed E-state index contributed by atoms with van der Waals surface area (Å²) in [6.45, 7) is 7.81. The molecular weight excluding hydrogens is 340 g/mol. The van der Waals surface area contributed by atoms with Crippen molar-refractivity contribution < 1.29 is 5.11 Å². The van der Waals surface area contributed by atoms with Crippen molar-refractivity contribution in [1.29, 1.82) is 0 Å². The van der Waals surface area contributed by atoms with Gasteiger partial charge >= 0.3 is 0 Å². The van der Waals surface area contributed by atoms with E-state index in [1.54, 1.807) is 29.6 Å². The Bertz CT molecular complexity index is 635. The van der Waals surface area contributed by atoms with E-state index in [2.05, 4.69) is 32.9 Å². The van der Waals surface area contributed by atoms with Gasteiger partial charge in [0.25, 0.3) is 0 Å². The molecule has 0 saturated heterocycles. The number of rotatable bonds is 8. The third-order valence-corrected chi connectivity index (χ3v) is 5.33. The minimum atomic E-state index is -0.951. The van der Waals surface area contributed by atoms with Crippen LogP contribution in [-0.4, -0.2) is 35.7 Å². The normalized spacial score (nSPS) is 14.4. The van der Waals surface area contributed by atoms with E-state index >= 15 is 0 Å². The predicted molar refractivity (Wildman–Crippen MR) is 103 cm³/mol. The molecule has 0 fully saturated rings. The van der Waals surface area contributed by atoms with E-state index in [-0.39, 0.29) is 0 Å². The van der Waals surface area contributed by atoms with Gasteiger partial charge in [0.15, 0.2) is 5.96 Å². The van der Waals surface area contributed by atoms with Crippen molar-refractivity contribution >= 4 is 28.6 Å². The third-order valence-electron chi connectivity index (χ3n) is 3.61. The van der Waals surface area contributed by atoms with Crippen LogP contribution < -0.4 is 10.6 Å². The van der Waals surface area contributed by atoms with Gasteiger partial charge in [-0.05, 0) is 42.7 Å². The van der Waals surface area contributed by atoms with Crippen molar-refractivity contribution in [3.8, 4) is 0 Å². The fraction of sp³-hybridized carbons (Fsp3) is 0.529. The van der Waals surface area contributed by atoms with Gasteiger partial charge in [-0.15, -0.1) is 11.3 Å². The van der Waals surface area contributed by atoms with Gasteiger partial charge in [0.05, 0.1) is 17.2 Å². The van der Waals surface area contributed by atoms with Gasteiger partial charge in [0, 0.05) is 24.9 Å². The van der Waals surface area contributed by atoms with Gasteiger partial charge in [-0.2, -0.15) is 11.3 Å². The smallest absolute Gasteiger partial charge is 0.191 e. The van der Waals surface area contributed by atoms with Gasteiger partial charge < -0.3 is 15.7 Å². The Labute approximate surface area is 151 Å². The Hall–Kier alpha value is -1.44. The number of nitrogens with one attached hydrogen (secondary N) is 2. The fourth-order valence-electron chi connectivity index (χ4n) is 2.17. The highest BCUT2D eigenvalue weighted by molar-refractivity contribution is 7.09. The monoisotopic (exact) mass is 366 g/mol. The lowest BCUT2D eigenvalue weighted by Crippen LogP contribution is -2.39. The van der Waals surface area contributed by atoms with E-state index in [0.717, 1.165) is 43.1 Å². The van der Waals surface area contributed by atoms with Gasteiger partial charge in [-0.25, -0.2) is 9.98 Å². The van der Waals surface area contributed by atoms with Crippen LogP contribution in [0.3, 0.4) is 0 Å². The Morgan fingerprint density at radius 2 is 2.17 bits per heavy atom. The summed E-state index contributed by atoms with van der Waals surface area (Å²) in [6.07, 6.45) is 1.85. The van der Waals surface area contributed by atoms with Crippen molar-refractivity contribution in [3.05, 3.63) is 38.5 Å². The molecule has 0 amide bonds. The maximum atomic E-state index is 10.6. The van der Waals surface area contributed by atoms with Crippen LogP contribution in [0.1, 0.15) is 37.0 Å². The van der Waals surface area contributed by atoms with Gasteiger partial charge in [0.2, 0.25) is 0 Å². The largest absolute Gasteiger partial charge is 0.383 e. The molecule has 1 atom stereocenters. The number of aromatic nitrogens is 1. The lowest BCUT2D eigenvalue weighted by atomic mass is 10.00. The summed E-state index contributed by atoms with van der Waals surface area (Å²) in [6, 6.07) is 1.94. The highest BCUT2D eigenvalue weighted by atomic mass is 32.1. The van der Waals surface area contributed by atoms with Crippen molar-refractivity contribution in [3.63, 3.8) is 0 Å². The number of thiophene rings is 1. The lowest BCUT2D eigenvalue weighted by Gasteiger charge is -2.21. The van der Waals surface area contributed by atoms with Crippen molar-refractivity contribution in [2.75, 3.05) is 19.6 Å². The molecule has 7 heteroatoms. The molecule has 0 radical (unpaired) electrons. The third kappa shape index (κ3) is 5.58. The van der Waals surface area contributed by atoms with E-state index in [9.17, 15) is 5.11 Å². The van der Waals surface area contributed by atoms with Crippen LogP contribution >= 0.6 is 22.7 Å². The summed E-state index contributed by atoms with van der Waals surface area (Å²) in [4.78, 5) is 9.09. The number of aliphatic imine (C=N–C) groups is 1. The molecule has 2 aromatic rings. The average Bonchev–Trinajstić information content (AvgIpc) is 3.24. The summed E-state index contributed by atoms with van der Waals surface area (Å²) < 4.78 is 0. The summed E-state index contributed by atoms with van der Waals surface area (Å²) >= 11 is 3.29. The molecule has 0 aromatic carbocycles. The second-order valence-corrected chi connectivity index (χ2v) is 7.47. The van der Waals surface area contributed by atoms with E-state index in [1.807, 2.05) is 23.8 Å². The molecule has 0 spiro atoms. The first-order valence-electron chi connectivity index (χ1n) is 8.25. The number of thiazole rings is 1. The topological polar surface area (TPSA) is 69.5 Å². The number of guanidine groups is 1. The molecule has 0 aliphatic heterocycles. The second kappa shape index (κ2) is 9.15. The van der Waals surface area contributed by atoms with E-state index in [1.165, 1.54) is 5.01 Å². The molecule has 2 aromatic heterocycles. The van der Waals surface area contributed by atoms with Crippen LogP contribution in [0.2, 0.25) is 0 Å². The summed E-state index contributed by atoms with van der Waals surface area (Å²) in [7, 11) is 0. The molecule has 132 valence electrons. The highest BCUT2D eigenvalue weighted by Crippen LogP contribution is 2.23. The minimum Gasteiger partial charge on any atom is -0.383 e. The molecule has 3 N–H and O–H groups in total. The number of hydrogen-bond donors (Lipinski definition) is 3. The summed E-state index contributed by atoms with van der Waals surface area (Å²) in [5.74, 6) is 0.721. The first kappa shape index (κ1) is 18.9. The highest BCUT2D eigenvalue weighted by Gasteiger charge is 2.23. The van der Waals surface area contributed by atoms with Gasteiger partial charge in [-0.3, -0.25) is 0 Å². The van der Waals surface area contributed by atoms with Crippen molar-refractivity contribution in [1.82, 2.24) is 15.6 Å². The molecule has 1 unspecified atom stereocenters. The molecule has 0 saturated carbocycles. The maximum Gasteiger partial charge on any atom is 0.191 e.